The van der Waals surface area contributed by atoms with Gasteiger partial charge in [-0.1, -0.05) is 26.0 Å². The number of benzene rings is 1. The van der Waals surface area contributed by atoms with Gasteiger partial charge in [-0.25, -0.2) is 4.79 Å². The van der Waals surface area contributed by atoms with Crippen molar-refractivity contribution < 1.29 is 24.2 Å². The number of anilines is 1. The summed E-state index contributed by atoms with van der Waals surface area (Å²) in [6.45, 7) is 3.85. The number of hydrogen-bond acceptors (Lipinski definition) is 5. The second-order valence-electron chi connectivity index (χ2n) is 6.64. The van der Waals surface area contributed by atoms with Crippen LogP contribution in [0.15, 0.2) is 24.3 Å². The minimum absolute atomic E-state index is 0.0738. The summed E-state index contributed by atoms with van der Waals surface area (Å²) in [5.41, 5.74) is 6.38. The number of rotatable bonds is 6. The van der Waals surface area contributed by atoms with Crippen molar-refractivity contribution in [3.05, 3.63) is 29.8 Å². The summed E-state index contributed by atoms with van der Waals surface area (Å²) in [5, 5.41) is 11.8. The Morgan fingerprint density at radius 1 is 1.31 bits per heavy atom. The third-order valence-electron chi connectivity index (χ3n) is 4.33. The maximum atomic E-state index is 12.8. The third-order valence-corrected chi connectivity index (χ3v) is 4.33. The fourth-order valence-electron chi connectivity index (χ4n) is 2.98. The van der Waals surface area contributed by atoms with Crippen molar-refractivity contribution in [1.82, 2.24) is 4.90 Å². The zero-order valence-electron chi connectivity index (χ0n) is 15.0. The molecule has 1 fully saturated rings. The lowest BCUT2D eigenvalue weighted by Gasteiger charge is -2.29. The zero-order valence-corrected chi connectivity index (χ0v) is 15.0. The molecule has 0 bridgehead atoms. The van der Waals surface area contributed by atoms with Gasteiger partial charge in [-0.05, 0) is 36.5 Å². The summed E-state index contributed by atoms with van der Waals surface area (Å²) in [7, 11) is 0. The van der Waals surface area contributed by atoms with Crippen LogP contribution in [0.3, 0.4) is 0 Å². The average molecular weight is 363 g/mol. The monoisotopic (exact) mass is 363 g/mol. The molecule has 1 aromatic carbocycles. The molecule has 1 aliphatic heterocycles. The van der Waals surface area contributed by atoms with Gasteiger partial charge in [0, 0.05) is 12.2 Å². The Bertz CT molecular complexity index is 659. The lowest BCUT2D eigenvalue weighted by molar-refractivity contribution is -0.146. The van der Waals surface area contributed by atoms with Gasteiger partial charge in [0.05, 0.1) is 6.61 Å². The predicted molar refractivity (Wildman–Crippen MR) is 95.0 cm³/mol. The number of likely N-dealkylation sites (tertiary alicyclic amines) is 1. The van der Waals surface area contributed by atoms with Crippen LogP contribution in [-0.2, 0) is 20.9 Å². The van der Waals surface area contributed by atoms with Gasteiger partial charge in [0.15, 0.2) is 6.10 Å². The first kappa shape index (κ1) is 19.7. The minimum atomic E-state index is -1.01. The molecule has 2 rings (SSSR count). The molecule has 1 aliphatic rings. The molecule has 26 heavy (non-hydrogen) atoms. The molecule has 0 aromatic heterocycles. The van der Waals surface area contributed by atoms with E-state index in [9.17, 15) is 14.4 Å². The van der Waals surface area contributed by atoms with E-state index in [0.29, 0.717) is 25.1 Å². The van der Waals surface area contributed by atoms with Crippen molar-refractivity contribution in [1.29, 1.82) is 0 Å². The smallest absolute Gasteiger partial charge is 0.405 e. The number of nitrogens with zero attached hydrogens (tertiary/aromatic N) is 1. The summed E-state index contributed by atoms with van der Waals surface area (Å²) < 4.78 is 4.95. The second-order valence-corrected chi connectivity index (χ2v) is 6.64. The molecule has 0 saturated carbocycles. The van der Waals surface area contributed by atoms with Gasteiger partial charge in [0.25, 0.3) is 5.91 Å². The second kappa shape index (κ2) is 8.66. The van der Waals surface area contributed by atoms with Crippen LogP contribution in [0.5, 0.6) is 0 Å². The first-order valence-corrected chi connectivity index (χ1v) is 8.60. The minimum Gasteiger partial charge on any atom is -0.436 e. The van der Waals surface area contributed by atoms with Crippen LogP contribution in [0.1, 0.15) is 32.3 Å². The first-order valence-electron chi connectivity index (χ1n) is 8.60. The standard InChI is InChI=1S/C18H25N3O5/c1-11(2)15(26-18(19)25)17(24)21-9-3-4-14(21)16(23)20-13-7-5-12(10-22)6-8-13/h5-8,11,14-15,22H,3-4,9-10H2,1-2H3,(H2,19,25)(H,20,23)/t14-,15-/m0/s1. The number of primary amides is 1. The molecule has 0 spiro atoms. The number of amides is 3. The molecule has 1 saturated heterocycles. The van der Waals surface area contributed by atoms with Crippen molar-refractivity contribution in [3.8, 4) is 0 Å². The van der Waals surface area contributed by atoms with Gasteiger partial charge >= 0.3 is 6.09 Å². The number of hydrogen-bond donors (Lipinski definition) is 3. The number of aliphatic hydroxyl groups is 1. The maximum Gasteiger partial charge on any atom is 0.405 e. The lowest BCUT2D eigenvalue weighted by atomic mass is 10.1. The summed E-state index contributed by atoms with van der Waals surface area (Å²) in [6.07, 6.45) is -0.798. The van der Waals surface area contributed by atoms with E-state index >= 15 is 0 Å². The highest BCUT2D eigenvalue weighted by atomic mass is 16.6. The number of carbonyl (C=O) groups is 3. The van der Waals surface area contributed by atoms with Crippen molar-refractivity contribution in [2.45, 2.75) is 45.4 Å². The molecule has 8 nitrogen and oxygen atoms in total. The molecule has 2 atom stereocenters. The molecular weight excluding hydrogens is 338 g/mol. The van der Waals surface area contributed by atoms with E-state index in [0.717, 1.165) is 5.56 Å². The largest absolute Gasteiger partial charge is 0.436 e. The van der Waals surface area contributed by atoms with Crippen LogP contribution in [0.2, 0.25) is 0 Å². The van der Waals surface area contributed by atoms with Gasteiger partial charge in [0.1, 0.15) is 6.04 Å². The Hall–Kier alpha value is -2.61. The van der Waals surface area contributed by atoms with E-state index in [-0.39, 0.29) is 18.4 Å². The van der Waals surface area contributed by atoms with E-state index in [1.807, 2.05) is 0 Å². The van der Waals surface area contributed by atoms with Crippen molar-refractivity contribution in [2.24, 2.45) is 11.7 Å². The van der Waals surface area contributed by atoms with Crippen LogP contribution in [0.25, 0.3) is 0 Å². The Morgan fingerprint density at radius 3 is 2.50 bits per heavy atom. The molecule has 3 amide bonds. The highest BCUT2D eigenvalue weighted by molar-refractivity contribution is 5.98. The van der Waals surface area contributed by atoms with E-state index < -0.39 is 24.1 Å². The quantitative estimate of drug-likeness (QED) is 0.702. The van der Waals surface area contributed by atoms with E-state index in [2.05, 4.69) is 5.32 Å². The molecule has 4 N–H and O–H groups in total. The normalized spacial score (nSPS) is 17.8. The molecule has 8 heteroatoms. The fraction of sp³-hybridized carbons (Fsp3) is 0.500. The van der Waals surface area contributed by atoms with Crippen LogP contribution in [-0.4, -0.2) is 46.6 Å². The predicted octanol–water partition coefficient (Wildman–Crippen LogP) is 1.23. The van der Waals surface area contributed by atoms with E-state index in [1.165, 1.54) is 4.90 Å². The van der Waals surface area contributed by atoms with Crippen LogP contribution >= 0.6 is 0 Å². The Labute approximate surface area is 152 Å². The number of nitrogens with one attached hydrogen (secondary N) is 1. The first-order chi connectivity index (χ1) is 12.3. The van der Waals surface area contributed by atoms with Crippen LogP contribution in [0.4, 0.5) is 10.5 Å². The van der Waals surface area contributed by atoms with Gasteiger partial charge in [-0.3, -0.25) is 9.59 Å². The Kier molecular flexibility index (Phi) is 6.57. The zero-order chi connectivity index (χ0) is 19.3. The molecule has 0 aliphatic carbocycles. The third kappa shape index (κ3) is 4.72. The highest BCUT2D eigenvalue weighted by Crippen LogP contribution is 2.23. The van der Waals surface area contributed by atoms with Crippen molar-refractivity contribution in [2.75, 3.05) is 11.9 Å². The molecule has 0 unspecified atom stereocenters. The lowest BCUT2D eigenvalue weighted by Crippen LogP contribution is -2.50. The summed E-state index contributed by atoms with van der Waals surface area (Å²) >= 11 is 0. The number of aliphatic hydroxyl groups excluding tert-OH is 1. The van der Waals surface area contributed by atoms with Gasteiger partial charge in [0.2, 0.25) is 5.91 Å². The van der Waals surface area contributed by atoms with Crippen molar-refractivity contribution in [3.63, 3.8) is 0 Å². The fourth-order valence-corrected chi connectivity index (χ4v) is 2.98. The van der Waals surface area contributed by atoms with Gasteiger partial charge < -0.3 is 25.8 Å². The molecule has 1 aromatic rings. The topological polar surface area (TPSA) is 122 Å². The molecule has 0 radical (unpaired) electrons. The number of ether oxygens (including phenoxy) is 1. The molecular formula is C18H25N3O5. The van der Waals surface area contributed by atoms with Crippen LogP contribution < -0.4 is 11.1 Å². The van der Waals surface area contributed by atoms with Gasteiger partial charge in [-0.2, -0.15) is 0 Å². The Morgan fingerprint density at radius 2 is 1.96 bits per heavy atom. The van der Waals surface area contributed by atoms with Gasteiger partial charge in [-0.15, -0.1) is 0 Å². The number of nitrogens with two attached hydrogens (primary N) is 1. The molecule has 142 valence electrons. The Balaban J connectivity index is 2.08. The van der Waals surface area contributed by atoms with E-state index in [4.69, 9.17) is 15.6 Å². The number of carbonyl (C=O) groups excluding carboxylic acids is 3. The van der Waals surface area contributed by atoms with Crippen LogP contribution in [0, 0.1) is 5.92 Å². The average Bonchev–Trinajstić information content (AvgIpc) is 3.09. The molecule has 1 heterocycles. The van der Waals surface area contributed by atoms with E-state index in [1.54, 1.807) is 38.1 Å². The maximum absolute atomic E-state index is 12.8. The summed E-state index contributed by atoms with van der Waals surface area (Å²) in [5.74, 6) is -0.966. The SMILES string of the molecule is CC(C)[C@H](OC(N)=O)C(=O)N1CCC[C@H]1C(=O)Nc1ccc(CO)cc1. The summed E-state index contributed by atoms with van der Waals surface area (Å²) in [4.78, 5) is 37.9. The highest BCUT2D eigenvalue weighted by Gasteiger charge is 2.39. The summed E-state index contributed by atoms with van der Waals surface area (Å²) in [6, 6.07) is 6.18. The van der Waals surface area contributed by atoms with Crippen molar-refractivity contribution >= 4 is 23.6 Å².